The molecule has 146 valence electrons. The molecule has 2 aliphatic rings. The van der Waals surface area contributed by atoms with Crippen molar-refractivity contribution in [3.63, 3.8) is 0 Å². The van der Waals surface area contributed by atoms with E-state index in [1.807, 2.05) is 0 Å². The van der Waals surface area contributed by atoms with Crippen molar-refractivity contribution >= 4 is 28.1 Å². The fourth-order valence-electron chi connectivity index (χ4n) is 5.38. The largest absolute Gasteiger partial charge is 0.395 e. The van der Waals surface area contributed by atoms with Crippen LogP contribution >= 0.6 is 0 Å². The lowest BCUT2D eigenvalue weighted by atomic mass is 9.65. The molecule has 2 N–H and O–H groups in total. The molecule has 2 atom stereocenters. The molecule has 2 heterocycles. The third-order valence-corrected chi connectivity index (χ3v) is 5.83. The Hall–Kier alpha value is -2.42. The molecule has 1 aliphatic heterocycles. The Kier molecular flexibility index (Phi) is 4.03. The van der Waals surface area contributed by atoms with E-state index in [-0.39, 0.29) is 35.2 Å². The molecular formula is C18H25N5O4. The Labute approximate surface area is 156 Å². The first-order chi connectivity index (χ1) is 12.7. The zero-order valence-corrected chi connectivity index (χ0v) is 15.9. The van der Waals surface area contributed by atoms with Crippen LogP contribution in [0.5, 0.6) is 0 Å². The average Bonchev–Trinajstić information content (AvgIpc) is 3.12. The van der Waals surface area contributed by atoms with Gasteiger partial charge in [-0.3, -0.25) is 10.1 Å². The van der Waals surface area contributed by atoms with E-state index >= 15 is 0 Å². The van der Waals surface area contributed by atoms with Crippen molar-refractivity contribution < 1.29 is 14.7 Å². The topological polar surface area (TPSA) is 118 Å². The number of nitro benzene ring substituents is 1. The highest BCUT2D eigenvalue weighted by atomic mass is 16.6. The van der Waals surface area contributed by atoms with Crippen LogP contribution in [0.4, 0.5) is 17.1 Å². The zero-order valence-electron chi connectivity index (χ0n) is 15.9. The maximum Gasteiger partial charge on any atom is 0.323 e. The highest BCUT2D eigenvalue weighted by molar-refractivity contribution is 6.00. The standard InChI is InChI=1S/C18H25N5O4/c1-17(2)7-11-8-18(3,9-17)10-22(11)13-6-12(19-4-5-24)16(23(25)26)15-14(13)20-27-21-15/h6,11,19,24H,4-5,7-10H2,1-3H3. The fraction of sp³-hybridized carbons (Fsp3) is 0.667. The molecule has 1 aliphatic carbocycles. The van der Waals surface area contributed by atoms with Gasteiger partial charge in [0.15, 0.2) is 5.52 Å². The van der Waals surface area contributed by atoms with Crippen molar-refractivity contribution in [2.75, 3.05) is 29.9 Å². The van der Waals surface area contributed by atoms with Crippen LogP contribution in [0.25, 0.3) is 11.0 Å². The van der Waals surface area contributed by atoms with Gasteiger partial charge in [-0.15, -0.1) is 0 Å². The first-order valence-corrected chi connectivity index (χ1v) is 9.28. The van der Waals surface area contributed by atoms with Gasteiger partial charge in [0.25, 0.3) is 0 Å². The van der Waals surface area contributed by atoms with E-state index in [1.54, 1.807) is 6.07 Å². The third-order valence-electron chi connectivity index (χ3n) is 5.83. The number of aliphatic hydroxyl groups is 1. The summed E-state index contributed by atoms with van der Waals surface area (Å²) in [6.07, 6.45) is 3.31. The quantitative estimate of drug-likeness (QED) is 0.605. The third kappa shape index (κ3) is 2.99. The first kappa shape index (κ1) is 18.0. The number of fused-ring (bicyclic) bond motifs is 3. The minimum Gasteiger partial charge on any atom is -0.395 e. The summed E-state index contributed by atoms with van der Waals surface area (Å²) in [5, 5.41) is 31.5. The molecule has 2 bridgehead atoms. The molecule has 9 heteroatoms. The number of anilines is 2. The number of aromatic nitrogens is 2. The molecule has 1 saturated carbocycles. The van der Waals surface area contributed by atoms with Gasteiger partial charge in [0.05, 0.1) is 17.2 Å². The predicted octanol–water partition coefficient (Wildman–Crippen LogP) is 2.94. The van der Waals surface area contributed by atoms with Crippen LogP contribution in [0.15, 0.2) is 10.7 Å². The predicted molar refractivity (Wildman–Crippen MR) is 101 cm³/mol. The van der Waals surface area contributed by atoms with Gasteiger partial charge in [0, 0.05) is 19.1 Å². The van der Waals surface area contributed by atoms with Crippen molar-refractivity contribution in [1.29, 1.82) is 0 Å². The molecule has 0 radical (unpaired) electrons. The van der Waals surface area contributed by atoms with Crippen LogP contribution in [-0.4, -0.2) is 46.1 Å². The average molecular weight is 375 g/mol. The highest BCUT2D eigenvalue weighted by Gasteiger charge is 2.50. The monoisotopic (exact) mass is 375 g/mol. The van der Waals surface area contributed by atoms with Crippen LogP contribution in [0.2, 0.25) is 0 Å². The van der Waals surface area contributed by atoms with Crippen molar-refractivity contribution in [1.82, 2.24) is 10.3 Å². The van der Waals surface area contributed by atoms with E-state index in [4.69, 9.17) is 9.74 Å². The summed E-state index contributed by atoms with van der Waals surface area (Å²) in [7, 11) is 0. The second-order valence-electron chi connectivity index (χ2n) is 9.00. The lowest BCUT2D eigenvalue weighted by Gasteiger charge is -2.39. The summed E-state index contributed by atoms with van der Waals surface area (Å²) in [5.74, 6) is 0. The molecule has 0 spiro atoms. The minimum absolute atomic E-state index is 0.125. The molecule has 2 unspecified atom stereocenters. The second kappa shape index (κ2) is 6.05. The first-order valence-electron chi connectivity index (χ1n) is 9.28. The summed E-state index contributed by atoms with van der Waals surface area (Å²) >= 11 is 0. The zero-order chi connectivity index (χ0) is 19.4. The molecule has 4 rings (SSSR count). The number of nitrogens with zero attached hydrogens (tertiary/aromatic N) is 4. The Bertz CT molecular complexity index is 895. The van der Waals surface area contributed by atoms with E-state index in [2.05, 4.69) is 41.3 Å². The molecule has 2 aromatic rings. The van der Waals surface area contributed by atoms with Crippen LogP contribution in [0.3, 0.4) is 0 Å². The summed E-state index contributed by atoms with van der Waals surface area (Å²) < 4.78 is 4.88. The molecule has 0 amide bonds. The van der Waals surface area contributed by atoms with Crippen LogP contribution in [0, 0.1) is 20.9 Å². The normalized spacial score (nSPS) is 26.5. The van der Waals surface area contributed by atoms with Crippen LogP contribution in [0.1, 0.15) is 40.0 Å². The van der Waals surface area contributed by atoms with E-state index in [0.717, 1.165) is 31.5 Å². The minimum atomic E-state index is -0.483. The maximum absolute atomic E-state index is 11.6. The molecule has 1 saturated heterocycles. The number of rotatable bonds is 5. The number of nitrogens with one attached hydrogen (secondary N) is 1. The van der Waals surface area contributed by atoms with Gasteiger partial charge in [-0.05, 0) is 46.5 Å². The lowest BCUT2D eigenvalue weighted by molar-refractivity contribution is -0.382. The Morgan fingerprint density at radius 2 is 2.11 bits per heavy atom. The molecular weight excluding hydrogens is 350 g/mol. The van der Waals surface area contributed by atoms with Gasteiger partial charge in [-0.1, -0.05) is 20.8 Å². The van der Waals surface area contributed by atoms with E-state index in [1.165, 1.54) is 0 Å². The molecule has 9 nitrogen and oxygen atoms in total. The van der Waals surface area contributed by atoms with Crippen molar-refractivity contribution in [3.05, 3.63) is 16.2 Å². The van der Waals surface area contributed by atoms with Gasteiger partial charge >= 0.3 is 5.69 Å². The van der Waals surface area contributed by atoms with E-state index < -0.39 is 4.92 Å². The highest BCUT2D eigenvalue weighted by Crippen LogP contribution is 2.54. The summed E-state index contributed by atoms with van der Waals surface area (Å²) in [5.41, 5.74) is 2.00. The number of aliphatic hydroxyl groups excluding tert-OH is 1. The van der Waals surface area contributed by atoms with Crippen LogP contribution < -0.4 is 10.2 Å². The van der Waals surface area contributed by atoms with Crippen LogP contribution in [-0.2, 0) is 0 Å². The Morgan fingerprint density at radius 3 is 2.81 bits per heavy atom. The molecule has 1 aromatic heterocycles. The second-order valence-corrected chi connectivity index (χ2v) is 9.00. The van der Waals surface area contributed by atoms with Gasteiger partial charge in [0.1, 0.15) is 5.69 Å². The maximum atomic E-state index is 11.6. The summed E-state index contributed by atoms with van der Waals surface area (Å²) in [4.78, 5) is 13.5. The molecule has 2 fully saturated rings. The summed E-state index contributed by atoms with van der Waals surface area (Å²) in [6.45, 7) is 7.89. The SMILES string of the molecule is CC1(C)CC2CC(C)(CN2c2cc(NCCO)c([N+](=O)[O-])c3nonc23)C1. The van der Waals surface area contributed by atoms with E-state index in [0.29, 0.717) is 17.2 Å². The Balaban J connectivity index is 1.84. The van der Waals surface area contributed by atoms with Gasteiger partial charge in [0.2, 0.25) is 5.52 Å². The lowest BCUT2D eigenvalue weighted by Crippen LogP contribution is -2.34. The molecule has 1 aromatic carbocycles. The number of nitro groups is 1. The van der Waals surface area contributed by atoms with Gasteiger partial charge in [-0.25, -0.2) is 4.63 Å². The molecule has 27 heavy (non-hydrogen) atoms. The summed E-state index contributed by atoms with van der Waals surface area (Å²) in [6, 6.07) is 2.11. The van der Waals surface area contributed by atoms with Crippen molar-refractivity contribution in [3.8, 4) is 0 Å². The number of benzene rings is 1. The Morgan fingerprint density at radius 1 is 1.37 bits per heavy atom. The number of hydrogen-bond acceptors (Lipinski definition) is 8. The van der Waals surface area contributed by atoms with Gasteiger partial charge < -0.3 is 15.3 Å². The van der Waals surface area contributed by atoms with Crippen molar-refractivity contribution in [2.24, 2.45) is 10.8 Å². The fourth-order valence-corrected chi connectivity index (χ4v) is 5.38. The van der Waals surface area contributed by atoms with E-state index in [9.17, 15) is 10.1 Å². The number of hydrogen-bond donors (Lipinski definition) is 2. The van der Waals surface area contributed by atoms with Crippen molar-refractivity contribution in [2.45, 2.75) is 46.1 Å². The van der Waals surface area contributed by atoms with Gasteiger partial charge in [-0.2, -0.15) is 0 Å². The smallest absolute Gasteiger partial charge is 0.323 e.